The molecule has 1 unspecified atom stereocenters. The normalized spacial score (nSPS) is 12.4. The lowest BCUT2D eigenvalue weighted by atomic mass is 10.00. The maximum absolute atomic E-state index is 13.0. The predicted molar refractivity (Wildman–Crippen MR) is 68.5 cm³/mol. The van der Waals surface area contributed by atoms with Crippen molar-refractivity contribution >= 4 is 11.6 Å². The van der Waals surface area contributed by atoms with Crippen molar-refractivity contribution in [3.63, 3.8) is 0 Å². The molecule has 0 fully saturated rings. The zero-order valence-electron chi connectivity index (χ0n) is 9.24. The van der Waals surface area contributed by atoms with Gasteiger partial charge in [-0.15, -0.1) is 0 Å². The van der Waals surface area contributed by atoms with Gasteiger partial charge in [0.25, 0.3) is 0 Å². The molecule has 0 aromatic heterocycles. The summed E-state index contributed by atoms with van der Waals surface area (Å²) in [5, 5.41) is 0.649. The molecule has 1 atom stereocenters. The van der Waals surface area contributed by atoms with E-state index >= 15 is 0 Å². The van der Waals surface area contributed by atoms with Gasteiger partial charge in [-0.1, -0.05) is 41.9 Å². The van der Waals surface area contributed by atoms with E-state index in [4.69, 9.17) is 17.3 Å². The first-order valence-corrected chi connectivity index (χ1v) is 5.79. The Balaban J connectivity index is 2.17. The maximum Gasteiger partial charge on any atom is 0.123 e. The van der Waals surface area contributed by atoms with Gasteiger partial charge in [0.2, 0.25) is 0 Å². The second-order valence-electron chi connectivity index (χ2n) is 3.96. The zero-order valence-corrected chi connectivity index (χ0v) is 9.99. The van der Waals surface area contributed by atoms with Crippen LogP contribution in [0.25, 0.3) is 0 Å². The van der Waals surface area contributed by atoms with E-state index in [1.807, 2.05) is 30.3 Å². The molecule has 1 nitrogen and oxygen atoms in total. The van der Waals surface area contributed by atoms with Gasteiger partial charge in [-0.25, -0.2) is 4.39 Å². The first kappa shape index (κ1) is 12.1. The molecular formula is C14H13ClFN. The van der Waals surface area contributed by atoms with Crippen LogP contribution in [0, 0.1) is 5.82 Å². The van der Waals surface area contributed by atoms with Crippen molar-refractivity contribution in [3.8, 4) is 0 Å². The molecule has 3 heteroatoms. The monoisotopic (exact) mass is 249 g/mol. The molecule has 2 aromatic rings. The van der Waals surface area contributed by atoms with Crippen molar-refractivity contribution in [1.29, 1.82) is 0 Å². The topological polar surface area (TPSA) is 26.0 Å². The minimum atomic E-state index is -0.242. The van der Waals surface area contributed by atoms with E-state index in [2.05, 4.69) is 0 Å². The highest BCUT2D eigenvalue weighted by Gasteiger charge is 2.10. The molecule has 0 spiro atoms. The van der Waals surface area contributed by atoms with Crippen LogP contribution in [0.3, 0.4) is 0 Å². The van der Waals surface area contributed by atoms with E-state index in [1.54, 1.807) is 6.07 Å². The van der Waals surface area contributed by atoms with Crippen LogP contribution in [-0.2, 0) is 6.42 Å². The highest BCUT2D eigenvalue weighted by Crippen LogP contribution is 2.23. The third-order valence-electron chi connectivity index (χ3n) is 2.65. The van der Waals surface area contributed by atoms with Crippen LogP contribution in [0.2, 0.25) is 5.02 Å². The average Bonchev–Trinajstić information content (AvgIpc) is 2.29. The Kier molecular flexibility index (Phi) is 3.77. The molecule has 0 amide bonds. The third kappa shape index (κ3) is 3.05. The SMILES string of the molecule is NC(Cc1cccc(F)c1)c1ccccc1Cl. The molecule has 0 bridgehead atoms. The van der Waals surface area contributed by atoms with E-state index in [1.165, 1.54) is 12.1 Å². The van der Waals surface area contributed by atoms with Crippen LogP contribution < -0.4 is 5.73 Å². The van der Waals surface area contributed by atoms with Crippen molar-refractivity contribution < 1.29 is 4.39 Å². The fourth-order valence-electron chi connectivity index (χ4n) is 1.80. The number of hydrogen-bond acceptors (Lipinski definition) is 1. The van der Waals surface area contributed by atoms with E-state index in [0.717, 1.165) is 11.1 Å². The van der Waals surface area contributed by atoms with Gasteiger partial charge in [0.05, 0.1) is 0 Å². The predicted octanol–water partition coefficient (Wildman–Crippen LogP) is 3.72. The third-order valence-corrected chi connectivity index (χ3v) is 2.99. The van der Waals surface area contributed by atoms with Crippen LogP contribution in [0.5, 0.6) is 0 Å². The Bertz CT molecular complexity index is 513. The summed E-state index contributed by atoms with van der Waals surface area (Å²) in [6.07, 6.45) is 0.571. The second-order valence-corrected chi connectivity index (χ2v) is 4.37. The van der Waals surface area contributed by atoms with Gasteiger partial charge in [0.15, 0.2) is 0 Å². The summed E-state index contributed by atoms with van der Waals surface area (Å²) < 4.78 is 13.0. The molecule has 0 saturated carbocycles. The zero-order chi connectivity index (χ0) is 12.3. The van der Waals surface area contributed by atoms with Crippen LogP contribution in [0.1, 0.15) is 17.2 Å². The number of halogens is 2. The van der Waals surface area contributed by atoms with Crippen molar-refractivity contribution in [2.45, 2.75) is 12.5 Å². The summed E-state index contributed by atoms with van der Waals surface area (Å²) in [6, 6.07) is 13.7. The summed E-state index contributed by atoms with van der Waals surface area (Å²) in [4.78, 5) is 0. The second kappa shape index (κ2) is 5.30. The number of hydrogen-bond donors (Lipinski definition) is 1. The largest absolute Gasteiger partial charge is 0.324 e. The van der Waals surface area contributed by atoms with Gasteiger partial charge in [-0.3, -0.25) is 0 Å². The summed E-state index contributed by atoms with van der Waals surface area (Å²) in [6.45, 7) is 0. The van der Waals surface area contributed by atoms with Crippen molar-refractivity contribution in [2.24, 2.45) is 5.73 Å². The Hall–Kier alpha value is -1.38. The average molecular weight is 250 g/mol. The quantitative estimate of drug-likeness (QED) is 0.882. The summed E-state index contributed by atoms with van der Waals surface area (Å²) in [7, 11) is 0. The number of nitrogens with two attached hydrogens (primary N) is 1. The molecule has 0 radical (unpaired) electrons. The Morgan fingerprint density at radius 3 is 2.59 bits per heavy atom. The Morgan fingerprint density at radius 2 is 1.88 bits per heavy atom. The van der Waals surface area contributed by atoms with Crippen molar-refractivity contribution in [3.05, 3.63) is 70.5 Å². The van der Waals surface area contributed by atoms with Crippen LogP contribution in [0.4, 0.5) is 4.39 Å². The molecular weight excluding hydrogens is 237 g/mol. The molecule has 0 saturated heterocycles. The highest BCUT2D eigenvalue weighted by atomic mass is 35.5. The van der Waals surface area contributed by atoms with E-state index in [-0.39, 0.29) is 11.9 Å². The fourth-order valence-corrected chi connectivity index (χ4v) is 2.08. The Labute approximate surface area is 105 Å². The molecule has 2 N–H and O–H groups in total. The van der Waals surface area contributed by atoms with E-state index in [9.17, 15) is 4.39 Å². The first-order valence-electron chi connectivity index (χ1n) is 5.41. The van der Waals surface area contributed by atoms with Gasteiger partial charge < -0.3 is 5.73 Å². The van der Waals surface area contributed by atoms with Crippen LogP contribution in [0.15, 0.2) is 48.5 Å². The standard InChI is InChI=1S/C14H13ClFN/c15-13-7-2-1-6-12(13)14(17)9-10-4-3-5-11(16)8-10/h1-8,14H,9,17H2. The molecule has 0 heterocycles. The van der Waals surface area contributed by atoms with Crippen LogP contribution >= 0.6 is 11.6 Å². The minimum Gasteiger partial charge on any atom is -0.324 e. The summed E-state index contributed by atoms with van der Waals surface area (Å²) in [5.41, 5.74) is 7.83. The molecule has 0 aliphatic heterocycles. The molecule has 0 aliphatic rings. The molecule has 17 heavy (non-hydrogen) atoms. The molecule has 2 aromatic carbocycles. The van der Waals surface area contributed by atoms with E-state index < -0.39 is 0 Å². The maximum atomic E-state index is 13.0. The summed E-state index contributed by atoms with van der Waals surface area (Å²) >= 11 is 6.06. The molecule has 88 valence electrons. The minimum absolute atomic E-state index is 0.217. The summed E-state index contributed by atoms with van der Waals surface area (Å²) in [5.74, 6) is -0.242. The van der Waals surface area contributed by atoms with Crippen molar-refractivity contribution in [2.75, 3.05) is 0 Å². The van der Waals surface area contributed by atoms with Crippen LogP contribution in [-0.4, -0.2) is 0 Å². The highest BCUT2D eigenvalue weighted by molar-refractivity contribution is 6.31. The number of rotatable bonds is 3. The van der Waals surface area contributed by atoms with Crippen molar-refractivity contribution in [1.82, 2.24) is 0 Å². The first-order chi connectivity index (χ1) is 8.16. The lowest BCUT2D eigenvalue weighted by Gasteiger charge is -2.13. The number of benzene rings is 2. The molecule has 2 rings (SSSR count). The van der Waals surface area contributed by atoms with Gasteiger partial charge in [-0.2, -0.15) is 0 Å². The molecule has 0 aliphatic carbocycles. The van der Waals surface area contributed by atoms with Gasteiger partial charge in [0.1, 0.15) is 5.82 Å². The fraction of sp³-hybridized carbons (Fsp3) is 0.143. The van der Waals surface area contributed by atoms with E-state index in [0.29, 0.717) is 11.4 Å². The van der Waals surface area contributed by atoms with Gasteiger partial charge in [0, 0.05) is 11.1 Å². The smallest absolute Gasteiger partial charge is 0.123 e. The lowest BCUT2D eigenvalue weighted by Crippen LogP contribution is -2.13. The Morgan fingerprint density at radius 1 is 1.12 bits per heavy atom. The lowest BCUT2D eigenvalue weighted by molar-refractivity contribution is 0.622. The van der Waals surface area contributed by atoms with Gasteiger partial charge >= 0.3 is 0 Å². The van der Waals surface area contributed by atoms with Gasteiger partial charge in [-0.05, 0) is 35.7 Å².